The first-order chi connectivity index (χ1) is 9.65. The van der Waals surface area contributed by atoms with Gasteiger partial charge in [0.15, 0.2) is 0 Å². The van der Waals surface area contributed by atoms with Crippen molar-refractivity contribution in [2.75, 3.05) is 37.4 Å². The van der Waals surface area contributed by atoms with E-state index >= 15 is 0 Å². The summed E-state index contributed by atoms with van der Waals surface area (Å²) in [5.74, 6) is 0. The van der Waals surface area contributed by atoms with Crippen LogP contribution in [0.4, 0.5) is 11.4 Å². The van der Waals surface area contributed by atoms with E-state index in [4.69, 9.17) is 5.73 Å². The lowest BCUT2D eigenvalue weighted by Crippen LogP contribution is -2.24. The standard InChI is InChI=1S/C11H20N4O4S2/c1-13-21(18,19)11-5-4-9(8-10(11)12)14-6-3-7-15-20(2,16)17/h4-5,8,13-15H,3,6-7,12H2,1-2H3. The largest absolute Gasteiger partial charge is 0.398 e. The lowest BCUT2D eigenvalue weighted by Gasteiger charge is -2.10. The Morgan fingerprint density at radius 3 is 2.33 bits per heavy atom. The summed E-state index contributed by atoms with van der Waals surface area (Å²) < 4.78 is 49.6. The molecular weight excluding hydrogens is 316 g/mol. The van der Waals surface area contributed by atoms with Crippen LogP contribution < -0.4 is 20.5 Å². The van der Waals surface area contributed by atoms with Crippen molar-refractivity contribution in [3.8, 4) is 0 Å². The summed E-state index contributed by atoms with van der Waals surface area (Å²) in [5, 5.41) is 3.04. The number of nitrogens with one attached hydrogen (secondary N) is 3. The molecule has 0 amide bonds. The van der Waals surface area contributed by atoms with Gasteiger partial charge in [-0.15, -0.1) is 0 Å². The van der Waals surface area contributed by atoms with Crippen molar-refractivity contribution in [2.45, 2.75) is 11.3 Å². The van der Waals surface area contributed by atoms with Gasteiger partial charge in [0.1, 0.15) is 4.90 Å². The van der Waals surface area contributed by atoms with E-state index in [1.165, 1.54) is 19.2 Å². The van der Waals surface area contributed by atoms with Gasteiger partial charge < -0.3 is 11.1 Å². The Labute approximate surface area is 125 Å². The first-order valence-corrected chi connectivity index (χ1v) is 9.55. The zero-order valence-corrected chi connectivity index (χ0v) is 13.5. The molecule has 0 aliphatic rings. The molecule has 120 valence electrons. The first kappa shape index (κ1) is 17.7. The van der Waals surface area contributed by atoms with E-state index in [0.29, 0.717) is 25.2 Å². The second-order valence-corrected chi connectivity index (χ2v) is 8.09. The Morgan fingerprint density at radius 1 is 1.14 bits per heavy atom. The summed E-state index contributed by atoms with van der Waals surface area (Å²) in [6, 6.07) is 4.54. The molecule has 10 heteroatoms. The van der Waals surface area contributed by atoms with Gasteiger partial charge in [-0.2, -0.15) is 0 Å². The van der Waals surface area contributed by atoms with E-state index < -0.39 is 20.0 Å². The molecule has 0 aliphatic heterocycles. The van der Waals surface area contributed by atoms with E-state index in [1.807, 2.05) is 0 Å². The van der Waals surface area contributed by atoms with E-state index in [1.54, 1.807) is 6.07 Å². The molecule has 0 saturated heterocycles. The van der Waals surface area contributed by atoms with Crippen LogP contribution in [0.15, 0.2) is 23.1 Å². The lowest BCUT2D eigenvalue weighted by atomic mass is 10.2. The van der Waals surface area contributed by atoms with Crippen molar-refractivity contribution in [2.24, 2.45) is 0 Å². The maximum absolute atomic E-state index is 11.6. The normalized spacial score (nSPS) is 12.3. The SMILES string of the molecule is CNS(=O)(=O)c1ccc(NCCCNS(C)(=O)=O)cc1N. The number of hydrogen-bond acceptors (Lipinski definition) is 6. The van der Waals surface area contributed by atoms with Crippen LogP contribution in [0.2, 0.25) is 0 Å². The van der Waals surface area contributed by atoms with Gasteiger partial charge in [-0.1, -0.05) is 0 Å². The molecule has 0 heterocycles. The fourth-order valence-corrected chi connectivity index (χ4v) is 2.94. The van der Waals surface area contributed by atoms with Crippen LogP contribution in [-0.4, -0.2) is 43.2 Å². The van der Waals surface area contributed by atoms with Gasteiger partial charge in [0, 0.05) is 18.8 Å². The van der Waals surface area contributed by atoms with Crippen LogP contribution in [-0.2, 0) is 20.0 Å². The summed E-state index contributed by atoms with van der Waals surface area (Å²) >= 11 is 0. The maximum atomic E-state index is 11.6. The molecule has 21 heavy (non-hydrogen) atoms. The Kier molecular flexibility index (Phi) is 5.96. The third-order valence-electron chi connectivity index (χ3n) is 2.61. The van der Waals surface area contributed by atoms with Gasteiger partial charge in [-0.05, 0) is 31.7 Å². The van der Waals surface area contributed by atoms with Crippen molar-refractivity contribution in [3.63, 3.8) is 0 Å². The molecule has 0 aliphatic carbocycles. The lowest BCUT2D eigenvalue weighted by molar-refractivity contribution is 0.585. The second-order valence-electron chi connectivity index (χ2n) is 4.41. The molecule has 0 atom stereocenters. The highest BCUT2D eigenvalue weighted by molar-refractivity contribution is 7.89. The van der Waals surface area contributed by atoms with E-state index in [-0.39, 0.29) is 10.6 Å². The molecule has 0 bridgehead atoms. The van der Waals surface area contributed by atoms with Crippen LogP contribution >= 0.6 is 0 Å². The molecule has 5 N–H and O–H groups in total. The molecule has 0 spiro atoms. The predicted octanol–water partition coefficient (Wildman–Crippen LogP) is -0.472. The number of sulfonamides is 2. The Morgan fingerprint density at radius 2 is 1.81 bits per heavy atom. The van der Waals surface area contributed by atoms with Crippen molar-refractivity contribution in [1.29, 1.82) is 0 Å². The summed E-state index contributed by atoms with van der Waals surface area (Å²) in [4.78, 5) is 0.0225. The van der Waals surface area contributed by atoms with Crippen molar-refractivity contribution >= 4 is 31.4 Å². The molecule has 0 radical (unpaired) electrons. The molecular formula is C11H20N4O4S2. The number of benzene rings is 1. The molecule has 0 aromatic heterocycles. The fourth-order valence-electron chi connectivity index (χ4n) is 1.59. The van der Waals surface area contributed by atoms with E-state index in [9.17, 15) is 16.8 Å². The fraction of sp³-hybridized carbons (Fsp3) is 0.455. The van der Waals surface area contributed by atoms with Gasteiger partial charge in [-0.25, -0.2) is 26.3 Å². The Balaban J connectivity index is 2.57. The second kappa shape index (κ2) is 7.07. The highest BCUT2D eigenvalue weighted by atomic mass is 32.2. The summed E-state index contributed by atoms with van der Waals surface area (Å²) in [5.41, 5.74) is 6.53. The molecule has 0 fully saturated rings. The zero-order valence-electron chi connectivity index (χ0n) is 11.9. The maximum Gasteiger partial charge on any atom is 0.242 e. The number of rotatable bonds is 8. The Bertz CT molecular complexity index is 686. The number of hydrogen-bond donors (Lipinski definition) is 4. The average Bonchev–Trinajstić information content (AvgIpc) is 2.36. The zero-order chi connectivity index (χ0) is 16.1. The molecule has 1 aromatic rings. The number of nitrogens with two attached hydrogens (primary N) is 1. The van der Waals surface area contributed by atoms with Crippen LogP contribution in [0.25, 0.3) is 0 Å². The van der Waals surface area contributed by atoms with E-state index in [2.05, 4.69) is 14.8 Å². The number of anilines is 2. The van der Waals surface area contributed by atoms with Crippen LogP contribution in [0.5, 0.6) is 0 Å². The van der Waals surface area contributed by atoms with Crippen molar-refractivity contribution in [1.82, 2.24) is 9.44 Å². The van der Waals surface area contributed by atoms with Gasteiger partial charge in [0.05, 0.1) is 11.9 Å². The first-order valence-electron chi connectivity index (χ1n) is 6.17. The summed E-state index contributed by atoms with van der Waals surface area (Å²) in [6.07, 6.45) is 1.69. The summed E-state index contributed by atoms with van der Waals surface area (Å²) in [6.45, 7) is 0.855. The molecule has 0 saturated carbocycles. The smallest absolute Gasteiger partial charge is 0.242 e. The number of nitrogen functional groups attached to an aromatic ring is 1. The topological polar surface area (TPSA) is 130 Å². The highest BCUT2D eigenvalue weighted by Crippen LogP contribution is 2.22. The monoisotopic (exact) mass is 336 g/mol. The van der Waals surface area contributed by atoms with Crippen molar-refractivity contribution in [3.05, 3.63) is 18.2 Å². The highest BCUT2D eigenvalue weighted by Gasteiger charge is 2.15. The van der Waals surface area contributed by atoms with E-state index in [0.717, 1.165) is 6.26 Å². The van der Waals surface area contributed by atoms with Gasteiger partial charge >= 0.3 is 0 Å². The predicted molar refractivity (Wildman–Crippen MR) is 83.1 cm³/mol. The minimum Gasteiger partial charge on any atom is -0.398 e. The van der Waals surface area contributed by atoms with Crippen molar-refractivity contribution < 1.29 is 16.8 Å². The average molecular weight is 336 g/mol. The van der Waals surface area contributed by atoms with Gasteiger partial charge in [0.2, 0.25) is 20.0 Å². The Hall–Kier alpha value is -1.36. The minimum atomic E-state index is -3.57. The third-order valence-corrected chi connectivity index (χ3v) is 4.83. The van der Waals surface area contributed by atoms with Crippen LogP contribution in [0.3, 0.4) is 0 Å². The third kappa shape index (κ3) is 5.87. The summed E-state index contributed by atoms with van der Waals surface area (Å²) in [7, 11) is -5.43. The quantitative estimate of drug-likeness (QED) is 0.375. The van der Waals surface area contributed by atoms with Gasteiger partial charge in [-0.3, -0.25) is 0 Å². The van der Waals surface area contributed by atoms with Gasteiger partial charge in [0.25, 0.3) is 0 Å². The van der Waals surface area contributed by atoms with Crippen LogP contribution in [0, 0.1) is 0 Å². The molecule has 1 aromatic carbocycles. The molecule has 1 rings (SSSR count). The van der Waals surface area contributed by atoms with Crippen LogP contribution in [0.1, 0.15) is 6.42 Å². The minimum absolute atomic E-state index is 0.0225. The molecule has 0 unspecified atom stereocenters. The molecule has 8 nitrogen and oxygen atoms in total.